The third kappa shape index (κ3) is 2.33. The Kier molecular flexibility index (Phi) is 3.35. The van der Waals surface area contributed by atoms with E-state index in [1.54, 1.807) is 24.0 Å². The highest BCUT2D eigenvalue weighted by molar-refractivity contribution is 6.07. The molecule has 5 fully saturated rings. The average molecular weight is 356 g/mol. The number of amides is 3. The fourth-order valence-corrected chi connectivity index (χ4v) is 6.72. The lowest BCUT2D eigenvalue weighted by atomic mass is 9.49. The molecule has 4 aliphatic carbocycles. The number of urea groups is 1. The Morgan fingerprint density at radius 2 is 1.77 bits per heavy atom. The largest absolute Gasteiger partial charge is 0.325 e. The quantitative estimate of drug-likeness (QED) is 0.844. The highest BCUT2D eigenvalue weighted by Crippen LogP contribution is 2.61. The normalized spacial score (nSPS) is 41.2. The first-order valence-corrected chi connectivity index (χ1v) is 10.0. The molecule has 140 valence electrons. The number of nitrogens with zero attached hydrogens (tertiary/aromatic N) is 3. The lowest BCUT2D eigenvalue weighted by Gasteiger charge is -2.57. The van der Waals surface area contributed by atoms with Crippen molar-refractivity contribution in [2.75, 3.05) is 6.54 Å². The fraction of sp³-hybridized carbons (Fsp3) is 0.750. The summed E-state index contributed by atoms with van der Waals surface area (Å²) in [5.41, 5.74) is 0.130. The Bertz CT molecular complexity index is 734. The van der Waals surface area contributed by atoms with Crippen LogP contribution in [0.5, 0.6) is 0 Å². The first kappa shape index (κ1) is 16.3. The van der Waals surface area contributed by atoms with Crippen molar-refractivity contribution in [2.24, 2.45) is 30.2 Å². The van der Waals surface area contributed by atoms with Gasteiger partial charge in [-0.15, -0.1) is 0 Å². The average Bonchev–Trinajstić information content (AvgIpc) is 3.08. The van der Waals surface area contributed by atoms with Gasteiger partial charge in [0.2, 0.25) is 0 Å². The van der Waals surface area contributed by atoms with Crippen LogP contribution >= 0.6 is 0 Å². The molecular weight excluding hydrogens is 328 g/mol. The monoisotopic (exact) mass is 356 g/mol. The van der Waals surface area contributed by atoms with E-state index in [0.29, 0.717) is 12.0 Å². The first-order chi connectivity index (χ1) is 12.4. The number of nitrogens with one attached hydrogen (secondary N) is 1. The lowest BCUT2D eigenvalue weighted by molar-refractivity contribution is -0.131. The van der Waals surface area contributed by atoms with Crippen molar-refractivity contribution in [1.29, 1.82) is 0 Å². The van der Waals surface area contributed by atoms with Gasteiger partial charge in [0.05, 0.1) is 6.20 Å². The molecular formula is C20H28N4O2. The van der Waals surface area contributed by atoms with E-state index in [9.17, 15) is 9.59 Å². The number of hydrogen-bond acceptors (Lipinski definition) is 3. The van der Waals surface area contributed by atoms with Crippen LogP contribution in [0.1, 0.15) is 57.4 Å². The van der Waals surface area contributed by atoms with E-state index >= 15 is 0 Å². The molecule has 1 atom stereocenters. The van der Waals surface area contributed by atoms with E-state index in [1.807, 2.05) is 7.05 Å². The second-order valence-corrected chi connectivity index (χ2v) is 9.58. The zero-order chi connectivity index (χ0) is 18.1. The summed E-state index contributed by atoms with van der Waals surface area (Å²) in [5.74, 6) is 2.54. The first-order valence-electron chi connectivity index (χ1n) is 10.0. The summed E-state index contributed by atoms with van der Waals surface area (Å²) in [7, 11) is 1.82. The number of aromatic nitrogens is 2. The van der Waals surface area contributed by atoms with E-state index in [-0.39, 0.29) is 11.9 Å². The molecule has 26 heavy (non-hydrogen) atoms. The van der Waals surface area contributed by atoms with Gasteiger partial charge < -0.3 is 5.32 Å². The number of carbonyl (C=O) groups is 2. The molecule has 2 heterocycles. The van der Waals surface area contributed by atoms with Gasteiger partial charge in [0.15, 0.2) is 0 Å². The van der Waals surface area contributed by atoms with Crippen LogP contribution in [-0.2, 0) is 17.4 Å². The maximum Gasteiger partial charge on any atom is 0.325 e. The third-order valence-corrected chi connectivity index (χ3v) is 7.59. The van der Waals surface area contributed by atoms with Crippen molar-refractivity contribution < 1.29 is 9.59 Å². The predicted octanol–water partition coefficient (Wildman–Crippen LogP) is 2.79. The maximum absolute atomic E-state index is 13.1. The van der Waals surface area contributed by atoms with E-state index in [4.69, 9.17) is 0 Å². The van der Waals surface area contributed by atoms with Crippen LogP contribution in [0, 0.1) is 23.2 Å². The van der Waals surface area contributed by atoms with Gasteiger partial charge in [0.25, 0.3) is 5.91 Å². The Hall–Kier alpha value is -1.85. The van der Waals surface area contributed by atoms with Gasteiger partial charge in [0, 0.05) is 25.4 Å². The molecule has 4 saturated carbocycles. The minimum Gasteiger partial charge on any atom is -0.319 e. The summed E-state index contributed by atoms with van der Waals surface area (Å²) in [6, 6.07) is -0.258. The molecule has 3 amide bonds. The molecule has 1 N–H and O–H groups in total. The summed E-state index contributed by atoms with van der Waals surface area (Å²) >= 11 is 0. The molecule has 6 heteroatoms. The summed E-state index contributed by atoms with van der Waals surface area (Å²) in [5, 5.41) is 7.06. The fourth-order valence-electron chi connectivity index (χ4n) is 6.72. The van der Waals surface area contributed by atoms with Gasteiger partial charge in [-0.1, -0.05) is 0 Å². The highest BCUT2D eigenvalue weighted by Gasteiger charge is 2.53. The summed E-state index contributed by atoms with van der Waals surface area (Å²) in [4.78, 5) is 27.1. The molecule has 1 saturated heterocycles. The number of imide groups is 1. The Morgan fingerprint density at radius 1 is 1.15 bits per heavy atom. The molecule has 4 bridgehead atoms. The molecule has 6 nitrogen and oxygen atoms in total. The zero-order valence-electron chi connectivity index (χ0n) is 15.7. The standard InChI is InChI=1S/C20H28N4O2/c1-19(16-11-21-23(2)12-16)17(25)24(18(26)22-19)4-3-20-8-13-5-14(9-20)7-15(6-13)10-20/h11-15H,3-10H2,1-2H3,(H,22,26)/t13?,14?,15?,19-,20?/m1/s1. The van der Waals surface area contributed by atoms with Crippen LogP contribution in [0.4, 0.5) is 4.79 Å². The van der Waals surface area contributed by atoms with E-state index < -0.39 is 5.54 Å². The van der Waals surface area contributed by atoms with Crippen molar-refractivity contribution in [3.05, 3.63) is 18.0 Å². The van der Waals surface area contributed by atoms with Crippen molar-refractivity contribution in [3.8, 4) is 0 Å². The van der Waals surface area contributed by atoms with Crippen molar-refractivity contribution >= 4 is 11.9 Å². The third-order valence-electron chi connectivity index (χ3n) is 7.59. The number of hydrogen-bond donors (Lipinski definition) is 1. The van der Waals surface area contributed by atoms with Crippen molar-refractivity contribution in [1.82, 2.24) is 20.0 Å². The lowest BCUT2D eigenvalue weighted by Crippen LogP contribution is -2.48. The van der Waals surface area contributed by atoms with Gasteiger partial charge in [-0.25, -0.2) is 4.79 Å². The molecule has 1 aliphatic heterocycles. The van der Waals surface area contributed by atoms with Crippen LogP contribution in [0.15, 0.2) is 12.4 Å². The topological polar surface area (TPSA) is 67.2 Å². The van der Waals surface area contributed by atoms with Crippen LogP contribution in [0.2, 0.25) is 0 Å². The van der Waals surface area contributed by atoms with Crippen LogP contribution in [0.25, 0.3) is 0 Å². The molecule has 0 radical (unpaired) electrons. The number of rotatable bonds is 4. The van der Waals surface area contributed by atoms with E-state index in [2.05, 4.69) is 10.4 Å². The predicted molar refractivity (Wildman–Crippen MR) is 96.0 cm³/mol. The molecule has 0 unspecified atom stereocenters. The Morgan fingerprint density at radius 3 is 2.31 bits per heavy atom. The number of carbonyl (C=O) groups excluding carboxylic acids is 2. The van der Waals surface area contributed by atoms with Gasteiger partial charge in [-0.3, -0.25) is 14.4 Å². The molecule has 0 aromatic carbocycles. The second-order valence-electron chi connectivity index (χ2n) is 9.58. The van der Waals surface area contributed by atoms with Crippen LogP contribution in [-0.4, -0.2) is 33.2 Å². The molecule has 0 spiro atoms. The van der Waals surface area contributed by atoms with E-state index in [0.717, 1.165) is 29.7 Å². The molecule has 6 rings (SSSR count). The molecule has 1 aromatic heterocycles. The van der Waals surface area contributed by atoms with Crippen LogP contribution in [0.3, 0.4) is 0 Å². The van der Waals surface area contributed by atoms with Gasteiger partial charge in [-0.05, 0) is 75.0 Å². The summed E-state index contributed by atoms with van der Waals surface area (Å²) in [6.07, 6.45) is 12.6. The Labute approximate surface area is 154 Å². The molecule has 5 aliphatic rings. The summed E-state index contributed by atoms with van der Waals surface area (Å²) in [6.45, 7) is 2.33. The van der Waals surface area contributed by atoms with Gasteiger partial charge in [0.1, 0.15) is 5.54 Å². The van der Waals surface area contributed by atoms with Gasteiger partial charge in [-0.2, -0.15) is 5.10 Å². The Balaban J connectivity index is 1.32. The SMILES string of the molecule is Cn1cc([C@@]2(C)NC(=O)N(CCC34CC5CC(CC(C5)C3)C4)C2=O)cn1. The van der Waals surface area contributed by atoms with E-state index in [1.165, 1.54) is 43.4 Å². The van der Waals surface area contributed by atoms with Crippen molar-refractivity contribution in [2.45, 2.75) is 57.4 Å². The van der Waals surface area contributed by atoms with Gasteiger partial charge >= 0.3 is 6.03 Å². The zero-order valence-corrected chi connectivity index (χ0v) is 15.7. The highest BCUT2D eigenvalue weighted by atomic mass is 16.2. The maximum atomic E-state index is 13.1. The number of aryl methyl sites for hydroxylation is 1. The molecule has 1 aromatic rings. The second kappa shape index (κ2) is 5.33. The summed E-state index contributed by atoms with van der Waals surface area (Å²) < 4.78 is 1.66. The van der Waals surface area contributed by atoms with Crippen LogP contribution < -0.4 is 5.32 Å². The minimum absolute atomic E-state index is 0.139. The minimum atomic E-state index is -0.993. The smallest absolute Gasteiger partial charge is 0.319 e. The van der Waals surface area contributed by atoms with Crippen molar-refractivity contribution in [3.63, 3.8) is 0 Å².